The molecular formula is C46H54Cl4Zr-2. The van der Waals surface area contributed by atoms with E-state index in [1.165, 1.54) is 55.7 Å². The number of rotatable bonds is 2. The molecule has 2 aliphatic carbocycles. The van der Waals surface area contributed by atoms with Gasteiger partial charge in [-0.15, -0.1) is 35.9 Å². The predicted octanol–water partition coefficient (Wildman–Crippen LogP) is 13.9. The first-order chi connectivity index (χ1) is 22.8. The zero-order valence-corrected chi connectivity index (χ0v) is 37.7. The first-order valence-electron chi connectivity index (χ1n) is 17.3. The molecule has 0 nitrogen and oxygen atoms in total. The molecule has 51 heavy (non-hydrogen) atoms. The zero-order valence-electron chi connectivity index (χ0n) is 32.1. The van der Waals surface area contributed by atoms with Crippen molar-refractivity contribution in [3.8, 4) is 11.1 Å². The summed E-state index contributed by atoms with van der Waals surface area (Å²) in [5.41, 5.74) is 14.3. The normalized spacial score (nSPS) is 14.3. The predicted molar refractivity (Wildman–Crippen MR) is 228 cm³/mol. The third-order valence-electron chi connectivity index (χ3n) is 8.78. The third kappa shape index (κ3) is 13.2. The summed E-state index contributed by atoms with van der Waals surface area (Å²) in [6.07, 6.45) is 6.74. The van der Waals surface area contributed by atoms with Gasteiger partial charge >= 0.3 is 123 Å². The van der Waals surface area contributed by atoms with E-state index in [-0.39, 0.29) is 35.6 Å². The van der Waals surface area contributed by atoms with Crippen LogP contribution in [0, 0.1) is 23.5 Å². The van der Waals surface area contributed by atoms with E-state index < -0.39 is 22.3 Å². The number of allylic oxidation sites excluding steroid dienone is 4. The van der Waals surface area contributed by atoms with Gasteiger partial charge in [0.05, 0.1) is 0 Å². The summed E-state index contributed by atoms with van der Waals surface area (Å²) in [7, 11) is 0. The molecule has 0 aliphatic heterocycles. The fourth-order valence-corrected chi connectivity index (χ4v) is 8.38. The van der Waals surface area contributed by atoms with E-state index >= 15 is 0 Å². The van der Waals surface area contributed by atoms with Gasteiger partial charge in [-0.3, -0.25) is 6.08 Å². The second-order valence-electron chi connectivity index (χ2n) is 16.3. The molecule has 2 aliphatic rings. The van der Waals surface area contributed by atoms with Crippen molar-refractivity contribution in [1.29, 1.82) is 0 Å². The summed E-state index contributed by atoms with van der Waals surface area (Å²) in [6, 6.07) is 31.1. The van der Waals surface area contributed by atoms with E-state index in [2.05, 4.69) is 156 Å². The number of benzene rings is 4. The van der Waals surface area contributed by atoms with E-state index in [0.29, 0.717) is 11.3 Å². The van der Waals surface area contributed by atoms with Crippen molar-refractivity contribution in [2.45, 2.75) is 93.4 Å². The standard InChI is InChI=1S/C21H25.C11H17.2C7H5Cl.2ClH.Zr/c1-20(2,3)16-7-9-18-14(12-16)11-15-13-17(21(4,5)6)8-10-19(15)18;1-8-6-9(2)10(7-8)11(3,4)5;2*1-6-2-4-7(8)5-3-6;;;/h7-10,12H,11H2,1-6H3;7-8H,1-5H3;2*1-5H;2*1H;/q2*-1;;;;;. The molecule has 6 rings (SSSR count). The Morgan fingerprint density at radius 1 is 0.667 bits per heavy atom. The van der Waals surface area contributed by atoms with Crippen LogP contribution in [0.3, 0.4) is 0 Å². The molecule has 0 saturated heterocycles. The van der Waals surface area contributed by atoms with E-state index in [1.54, 1.807) is 0 Å². The fraction of sp³-hybridized carbons (Fsp3) is 0.348. The fourth-order valence-electron chi connectivity index (χ4n) is 6.03. The molecular weight excluding hydrogens is 786 g/mol. The summed E-state index contributed by atoms with van der Waals surface area (Å²) in [5, 5.41) is 1.57. The topological polar surface area (TPSA) is 0 Å². The van der Waals surface area contributed by atoms with Gasteiger partial charge in [0, 0.05) is 0 Å². The Morgan fingerprint density at radius 3 is 1.59 bits per heavy atom. The second kappa shape index (κ2) is 18.9. The van der Waals surface area contributed by atoms with Crippen LogP contribution in [-0.2, 0) is 39.5 Å². The minimum atomic E-state index is -0.623. The van der Waals surface area contributed by atoms with Crippen molar-refractivity contribution in [2.24, 2.45) is 11.3 Å². The van der Waals surface area contributed by atoms with Crippen molar-refractivity contribution < 1.29 is 22.3 Å². The molecule has 1 atom stereocenters. The molecule has 0 fully saturated rings. The van der Waals surface area contributed by atoms with Gasteiger partial charge < -0.3 is 0 Å². The monoisotopic (exact) mass is 836 g/mol. The van der Waals surface area contributed by atoms with Crippen LogP contribution in [0.1, 0.15) is 110 Å². The molecule has 272 valence electrons. The summed E-state index contributed by atoms with van der Waals surface area (Å²) in [6.45, 7) is 24.7. The first kappa shape index (κ1) is 45.3. The molecule has 4 aromatic rings. The number of hydrogen-bond donors (Lipinski definition) is 0. The Balaban J connectivity index is 0.000000272. The average Bonchev–Trinajstić information content (AvgIpc) is 3.56. The van der Waals surface area contributed by atoms with Crippen molar-refractivity contribution in [2.75, 3.05) is 0 Å². The van der Waals surface area contributed by atoms with Crippen molar-refractivity contribution >= 4 is 55.4 Å². The molecule has 1 unspecified atom stereocenters. The zero-order chi connectivity index (χ0) is 36.1. The number of fused-ring (bicyclic) bond motifs is 3. The van der Waals surface area contributed by atoms with Crippen LogP contribution in [-0.4, -0.2) is 7.42 Å². The van der Waals surface area contributed by atoms with Gasteiger partial charge in [-0.25, -0.2) is 5.57 Å². The van der Waals surface area contributed by atoms with Gasteiger partial charge in [-0.2, -0.15) is 35.4 Å². The maximum atomic E-state index is 5.84. The molecule has 0 aromatic heterocycles. The van der Waals surface area contributed by atoms with Crippen molar-refractivity contribution in [1.82, 2.24) is 0 Å². The van der Waals surface area contributed by atoms with Gasteiger partial charge in [0.25, 0.3) is 0 Å². The van der Waals surface area contributed by atoms with Crippen LogP contribution in [0.15, 0.2) is 96.1 Å². The Kier molecular flexibility index (Phi) is 16.8. The van der Waals surface area contributed by atoms with Crippen molar-refractivity contribution in [3.63, 3.8) is 0 Å². The molecule has 0 saturated carbocycles. The number of hydrogen-bond acceptors (Lipinski definition) is 0. The summed E-state index contributed by atoms with van der Waals surface area (Å²) >= 11 is 11.0. The summed E-state index contributed by atoms with van der Waals surface area (Å²) in [5.74, 6) is 0.518. The third-order valence-corrected chi connectivity index (χ3v) is 11.7. The van der Waals surface area contributed by atoms with Crippen LogP contribution in [0.25, 0.3) is 11.1 Å². The first-order valence-corrected chi connectivity index (χ1v) is 20.9. The maximum absolute atomic E-state index is 5.84. The molecule has 0 N–H and O–H groups in total. The minimum absolute atomic E-state index is 0. The molecule has 0 radical (unpaired) electrons. The Hall–Kier alpha value is -1.86. The van der Waals surface area contributed by atoms with Gasteiger partial charge in [0.15, 0.2) is 0 Å². The Bertz CT molecular complexity index is 1770. The van der Waals surface area contributed by atoms with E-state index in [0.717, 1.165) is 16.5 Å². The van der Waals surface area contributed by atoms with Crippen LogP contribution in [0.2, 0.25) is 10.0 Å². The van der Waals surface area contributed by atoms with E-state index in [1.807, 2.05) is 24.3 Å². The van der Waals surface area contributed by atoms with E-state index in [9.17, 15) is 0 Å². The molecule has 4 aromatic carbocycles. The number of halogens is 4. The molecule has 5 heteroatoms. The second-order valence-corrected chi connectivity index (χ2v) is 19.4. The molecule has 0 amide bonds. The average molecular weight is 840 g/mol. The quantitative estimate of drug-likeness (QED) is 0.155. The van der Waals surface area contributed by atoms with Crippen molar-refractivity contribution in [3.05, 3.63) is 152 Å². The van der Waals surface area contributed by atoms with E-state index in [4.69, 9.17) is 23.2 Å². The van der Waals surface area contributed by atoms with Crippen LogP contribution < -0.4 is 0 Å². The van der Waals surface area contributed by atoms with Gasteiger partial charge in [-0.05, 0) is 28.4 Å². The van der Waals surface area contributed by atoms with Gasteiger partial charge in [0.1, 0.15) is 0 Å². The van der Waals surface area contributed by atoms with Gasteiger partial charge in [0.2, 0.25) is 0 Å². The van der Waals surface area contributed by atoms with Crippen LogP contribution >= 0.6 is 48.0 Å². The Labute approximate surface area is 342 Å². The molecule has 0 bridgehead atoms. The SMILES string of the molecule is CC(C)(C)c1[c-]c2c(cc1)-c1ccc(C(C)(C)C)cc1C2.CC1=[C-]C(C)C=C1C(C)(C)C.Cl.Cl.Clc1ccc([CH]=[Zr]=[CH]c2ccc(Cl)cc2)cc1. The van der Waals surface area contributed by atoms with Crippen LogP contribution in [0.4, 0.5) is 0 Å². The van der Waals surface area contributed by atoms with Crippen LogP contribution in [0.5, 0.6) is 0 Å². The molecule has 0 heterocycles. The summed E-state index contributed by atoms with van der Waals surface area (Å²) < 4.78 is 4.66. The Morgan fingerprint density at radius 2 is 1.18 bits per heavy atom. The summed E-state index contributed by atoms with van der Waals surface area (Å²) in [4.78, 5) is 0. The molecule has 0 spiro atoms. The van der Waals surface area contributed by atoms with Gasteiger partial charge in [-0.1, -0.05) is 111 Å².